The van der Waals surface area contributed by atoms with Crippen molar-refractivity contribution in [3.63, 3.8) is 0 Å². The molecule has 144 valence electrons. The van der Waals surface area contributed by atoms with Crippen LogP contribution >= 0.6 is 11.8 Å². The van der Waals surface area contributed by atoms with Crippen molar-refractivity contribution in [3.8, 4) is 11.4 Å². The van der Waals surface area contributed by atoms with Crippen LogP contribution < -0.4 is 5.32 Å². The summed E-state index contributed by atoms with van der Waals surface area (Å²) in [5, 5.41) is 11.8. The first kappa shape index (κ1) is 18.7. The fraction of sp³-hybridized carbons (Fsp3) is 0.318. The van der Waals surface area contributed by atoms with Gasteiger partial charge >= 0.3 is 0 Å². The van der Waals surface area contributed by atoms with E-state index in [1.165, 1.54) is 18.4 Å². The van der Waals surface area contributed by atoms with E-state index in [0.717, 1.165) is 48.0 Å². The van der Waals surface area contributed by atoms with Crippen LogP contribution in [0.4, 0.5) is 5.69 Å². The lowest BCUT2D eigenvalue weighted by Crippen LogP contribution is -2.14. The van der Waals surface area contributed by atoms with Gasteiger partial charge in [0.2, 0.25) is 5.91 Å². The van der Waals surface area contributed by atoms with Crippen LogP contribution in [0.2, 0.25) is 0 Å². The van der Waals surface area contributed by atoms with Gasteiger partial charge < -0.3 is 9.88 Å². The molecule has 0 bridgehead atoms. The second-order valence-corrected chi connectivity index (χ2v) is 8.00. The highest BCUT2D eigenvalue weighted by atomic mass is 32.2. The lowest BCUT2D eigenvalue weighted by atomic mass is 10.2. The number of benzene rings is 2. The number of aryl methyl sites for hydroxylation is 1. The predicted octanol–water partition coefficient (Wildman–Crippen LogP) is 4.54. The van der Waals surface area contributed by atoms with Gasteiger partial charge in [0.25, 0.3) is 0 Å². The molecule has 6 heteroatoms. The van der Waals surface area contributed by atoms with Crippen LogP contribution in [0, 0.1) is 0 Å². The van der Waals surface area contributed by atoms with Crippen LogP contribution in [0.1, 0.15) is 30.7 Å². The van der Waals surface area contributed by atoms with Crippen LogP contribution in [0.25, 0.3) is 11.4 Å². The summed E-state index contributed by atoms with van der Waals surface area (Å²) in [5.74, 6) is 3.24. The highest BCUT2D eigenvalue weighted by Crippen LogP contribution is 2.25. The Morgan fingerprint density at radius 1 is 1.04 bits per heavy atom. The van der Waals surface area contributed by atoms with Gasteiger partial charge in [-0.3, -0.25) is 4.79 Å². The smallest absolute Gasteiger partial charge is 0.234 e. The normalized spacial score (nSPS) is 13.6. The predicted molar refractivity (Wildman–Crippen MR) is 114 cm³/mol. The third-order valence-corrected chi connectivity index (χ3v) is 5.86. The third-order valence-electron chi connectivity index (χ3n) is 4.86. The molecule has 0 spiro atoms. The van der Waals surface area contributed by atoms with Crippen LogP contribution in [0.5, 0.6) is 0 Å². The second kappa shape index (κ2) is 9.06. The first-order chi connectivity index (χ1) is 13.8. The number of nitrogens with one attached hydrogen (secondary N) is 1. The third kappa shape index (κ3) is 4.62. The van der Waals surface area contributed by atoms with Crippen LogP contribution in [-0.2, 0) is 23.5 Å². The minimum absolute atomic E-state index is 0.0122. The summed E-state index contributed by atoms with van der Waals surface area (Å²) in [6, 6.07) is 18.1. The average Bonchev–Trinajstić information content (AvgIpc) is 2.97. The van der Waals surface area contributed by atoms with Gasteiger partial charge in [0.05, 0.1) is 5.75 Å². The van der Waals surface area contributed by atoms with E-state index in [2.05, 4.69) is 32.2 Å². The molecular formula is C22H24N4OS. The summed E-state index contributed by atoms with van der Waals surface area (Å²) in [6.45, 7) is 0.963. The van der Waals surface area contributed by atoms with Gasteiger partial charge in [0.1, 0.15) is 5.82 Å². The number of hydrogen-bond donors (Lipinski definition) is 1. The molecule has 2 heterocycles. The number of hydrogen-bond acceptors (Lipinski definition) is 4. The van der Waals surface area contributed by atoms with Crippen molar-refractivity contribution < 1.29 is 4.79 Å². The molecule has 1 aliphatic heterocycles. The van der Waals surface area contributed by atoms with E-state index in [0.29, 0.717) is 5.75 Å². The molecule has 1 aliphatic rings. The van der Waals surface area contributed by atoms with Crippen molar-refractivity contribution in [1.82, 2.24) is 14.8 Å². The summed E-state index contributed by atoms with van der Waals surface area (Å²) in [7, 11) is 0. The minimum Gasteiger partial charge on any atom is -0.325 e. The van der Waals surface area contributed by atoms with E-state index < -0.39 is 0 Å². The van der Waals surface area contributed by atoms with E-state index in [1.54, 1.807) is 11.8 Å². The number of anilines is 1. The number of nitrogens with zero attached hydrogens (tertiary/aromatic N) is 3. The SMILES string of the molecule is O=C(CSCc1ccccc1)Nc1cccc(-c2nnc3n2CCCCC3)c1. The highest BCUT2D eigenvalue weighted by molar-refractivity contribution is 7.99. The van der Waals surface area contributed by atoms with E-state index in [9.17, 15) is 4.79 Å². The largest absolute Gasteiger partial charge is 0.325 e. The number of carbonyl (C=O) groups excluding carboxylic acids is 1. The van der Waals surface area contributed by atoms with Gasteiger partial charge in [-0.15, -0.1) is 22.0 Å². The number of amides is 1. The number of aromatic nitrogens is 3. The Hall–Kier alpha value is -2.60. The first-order valence-electron chi connectivity index (χ1n) is 9.73. The summed E-state index contributed by atoms with van der Waals surface area (Å²) in [6.07, 6.45) is 4.56. The summed E-state index contributed by atoms with van der Waals surface area (Å²) >= 11 is 1.62. The summed E-state index contributed by atoms with van der Waals surface area (Å²) < 4.78 is 2.23. The number of carbonyl (C=O) groups is 1. The maximum Gasteiger partial charge on any atom is 0.234 e. The van der Waals surface area contributed by atoms with Crippen molar-refractivity contribution in [2.24, 2.45) is 0 Å². The Balaban J connectivity index is 1.39. The molecule has 0 radical (unpaired) electrons. The molecule has 0 aliphatic carbocycles. The van der Waals surface area contributed by atoms with Crippen molar-refractivity contribution in [1.29, 1.82) is 0 Å². The van der Waals surface area contributed by atoms with E-state index in [-0.39, 0.29) is 5.91 Å². The number of thioether (sulfide) groups is 1. The topological polar surface area (TPSA) is 59.8 Å². The molecule has 1 aromatic heterocycles. The van der Waals surface area contributed by atoms with Crippen molar-refractivity contribution >= 4 is 23.4 Å². The molecule has 2 aromatic carbocycles. The van der Waals surface area contributed by atoms with Crippen LogP contribution in [-0.4, -0.2) is 26.4 Å². The molecule has 4 rings (SSSR count). The lowest BCUT2D eigenvalue weighted by molar-refractivity contribution is -0.113. The first-order valence-corrected chi connectivity index (χ1v) is 10.9. The molecule has 5 nitrogen and oxygen atoms in total. The molecule has 1 amide bonds. The Kier molecular flexibility index (Phi) is 6.07. The molecule has 0 atom stereocenters. The van der Waals surface area contributed by atoms with E-state index in [1.807, 2.05) is 42.5 Å². The van der Waals surface area contributed by atoms with Gasteiger partial charge in [-0.1, -0.05) is 48.9 Å². The zero-order valence-corrected chi connectivity index (χ0v) is 16.6. The molecule has 0 saturated heterocycles. The Bertz CT molecular complexity index is 939. The van der Waals surface area contributed by atoms with Crippen molar-refractivity contribution in [2.45, 2.75) is 38.0 Å². The molecule has 0 saturated carbocycles. The average molecular weight is 393 g/mol. The maximum atomic E-state index is 12.3. The molecular weight excluding hydrogens is 368 g/mol. The number of fused-ring (bicyclic) bond motifs is 1. The van der Waals surface area contributed by atoms with Gasteiger partial charge in [-0.25, -0.2) is 0 Å². The summed E-state index contributed by atoms with van der Waals surface area (Å²) in [5.41, 5.74) is 3.03. The lowest BCUT2D eigenvalue weighted by Gasteiger charge is -2.09. The molecule has 1 N–H and O–H groups in total. The summed E-state index contributed by atoms with van der Waals surface area (Å²) in [4.78, 5) is 12.3. The van der Waals surface area contributed by atoms with Gasteiger partial charge in [0.15, 0.2) is 5.82 Å². The molecule has 28 heavy (non-hydrogen) atoms. The van der Waals surface area contributed by atoms with Crippen LogP contribution in [0.15, 0.2) is 54.6 Å². The molecule has 0 fully saturated rings. The monoisotopic (exact) mass is 392 g/mol. The van der Waals surface area contributed by atoms with Crippen LogP contribution in [0.3, 0.4) is 0 Å². The van der Waals surface area contributed by atoms with Gasteiger partial charge in [0, 0.05) is 30.0 Å². The highest BCUT2D eigenvalue weighted by Gasteiger charge is 2.16. The zero-order chi connectivity index (χ0) is 19.2. The fourth-order valence-electron chi connectivity index (χ4n) is 3.47. The fourth-order valence-corrected chi connectivity index (χ4v) is 4.26. The second-order valence-electron chi connectivity index (χ2n) is 7.01. The van der Waals surface area contributed by atoms with Crippen molar-refractivity contribution in [2.75, 3.05) is 11.1 Å². The Labute approximate surface area is 169 Å². The molecule has 0 unspecified atom stereocenters. The standard InChI is InChI=1S/C22H24N4OS/c27-21(16-28-15-17-8-3-1-4-9-17)23-19-11-7-10-18(14-19)22-25-24-20-12-5-2-6-13-26(20)22/h1,3-4,7-11,14H,2,5-6,12-13,15-16H2,(H,23,27). The maximum absolute atomic E-state index is 12.3. The zero-order valence-electron chi connectivity index (χ0n) is 15.8. The Morgan fingerprint density at radius 2 is 1.93 bits per heavy atom. The Morgan fingerprint density at radius 3 is 2.82 bits per heavy atom. The van der Waals surface area contributed by atoms with Gasteiger partial charge in [-0.2, -0.15) is 0 Å². The van der Waals surface area contributed by atoms with Gasteiger partial charge in [-0.05, 0) is 30.5 Å². The molecule has 3 aromatic rings. The quantitative estimate of drug-likeness (QED) is 0.669. The minimum atomic E-state index is 0.0122. The van der Waals surface area contributed by atoms with E-state index in [4.69, 9.17) is 0 Å². The van der Waals surface area contributed by atoms with E-state index >= 15 is 0 Å². The number of rotatable bonds is 6. The van der Waals surface area contributed by atoms with Crippen molar-refractivity contribution in [3.05, 3.63) is 66.0 Å².